The lowest BCUT2D eigenvalue weighted by molar-refractivity contribution is -0.139. The molecule has 132 valence electrons. The Balaban J connectivity index is 1.96. The summed E-state index contributed by atoms with van der Waals surface area (Å²) in [5, 5.41) is 41.8. The third-order valence-electron chi connectivity index (χ3n) is 4.42. The Morgan fingerprint density at radius 3 is 2.52 bits per heavy atom. The summed E-state index contributed by atoms with van der Waals surface area (Å²) in [5.41, 5.74) is 2.17. The zero-order valence-corrected chi connectivity index (χ0v) is 13.6. The van der Waals surface area contributed by atoms with Gasteiger partial charge in [-0.15, -0.1) is 0 Å². The van der Waals surface area contributed by atoms with Crippen LogP contribution in [-0.2, 0) is 17.6 Å². The molecule has 25 heavy (non-hydrogen) atoms. The van der Waals surface area contributed by atoms with Gasteiger partial charge in [0.25, 0.3) is 0 Å². The molecule has 2 aromatic rings. The number of carbonyl (C=O) groups is 1. The number of aromatic hydroxyl groups is 3. The SMILES string of the molecule is COc1ccc(CC2NC(C(=O)O)Cc3cc(O)c(O)cc32)cc1O. The molecule has 0 spiro atoms. The average Bonchev–Trinajstić information content (AvgIpc) is 2.56. The quantitative estimate of drug-likeness (QED) is 0.535. The van der Waals surface area contributed by atoms with E-state index in [0.29, 0.717) is 17.7 Å². The van der Waals surface area contributed by atoms with Crippen LogP contribution in [0.5, 0.6) is 23.0 Å². The minimum Gasteiger partial charge on any atom is -0.504 e. The number of carboxylic acids is 1. The van der Waals surface area contributed by atoms with E-state index in [4.69, 9.17) is 4.74 Å². The molecule has 0 aromatic heterocycles. The van der Waals surface area contributed by atoms with Gasteiger partial charge in [-0.1, -0.05) is 6.07 Å². The lowest BCUT2D eigenvalue weighted by Gasteiger charge is -2.31. The van der Waals surface area contributed by atoms with Crippen molar-refractivity contribution in [2.75, 3.05) is 7.11 Å². The van der Waals surface area contributed by atoms with Crippen molar-refractivity contribution >= 4 is 5.97 Å². The zero-order valence-electron chi connectivity index (χ0n) is 13.6. The van der Waals surface area contributed by atoms with Crippen LogP contribution < -0.4 is 10.1 Å². The smallest absolute Gasteiger partial charge is 0.321 e. The van der Waals surface area contributed by atoms with Gasteiger partial charge in [-0.2, -0.15) is 0 Å². The topological polar surface area (TPSA) is 119 Å². The van der Waals surface area contributed by atoms with E-state index in [9.17, 15) is 25.2 Å². The van der Waals surface area contributed by atoms with Gasteiger partial charge in [0.15, 0.2) is 23.0 Å². The Morgan fingerprint density at radius 2 is 1.88 bits per heavy atom. The number of benzene rings is 2. The van der Waals surface area contributed by atoms with Gasteiger partial charge in [0.05, 0.1) is 7.11 Å². The number of ether oxygens (including phenoxy) is 1. The number of rotatable bonds is 4. The predicted molar refractivity (Wildman–Crippen MR) is 89.1 cm³/mol. The molecule has 3 rings (SSSR count). The summed E-state index contributed by atoms with van der Waals surface area (Å²) in [6, 6.07) is 6.65. The van der Waals surface area contributed by atoms with Crippen molar-refractivity contribution in [2.45, 2.75) is 24.9 Å². The highest BCUT2D eigenvalue weighted by atomic mass is 16.5. The number of hydrogen-bond donors (Lipinski definition) is 5. The van der Waals surface area contributed by atoms with Crippen molar-refractivity contribution in [3.05, 3.63) is 47.0 Å². The molecule has 7 nitrogen and oxygen atoms in total. The number of aliphatic carboxylic acids is 1. The van der Waals surface area contributed by atoms with Crippen LogP contribution >= 0.6 is 0 Å². The monoisotopic (exact) mass is 345 g/mol. The first kappa shape index (κ1) is 16.9. The second-order valence-corrected chi connectivity index (χ2v) is 6.06. The molecule has 0 bridgehead atoms. The molecule has 2 atom stereocenters. The summed E-state index contributed by atoms with van der Waals surface area (Å²) in [7, 11) is 1.46. The van der Waals surface area contributed by atoms with E-state index in [2.05, 4.69) is 5.32 Å². The molecule has 1 heterocycles. The molecule has 2 unspecified atom stereocenters. The van der Waals surface area contributed by atoms with E-state index in [1.807, 2.05) is 0 Å². The van der Waals surface area contributed by atoms with E-state index in [0.717, 1.165) is 11.1 Å². The zero-order chi connectivity index (χ0) is 18.1. The van der Waals surface area contributed by atoms with Crippen LogP contribution in [0.25, 0.3) is 0 Å². The maximum Gasteiger partial charge on any atom is 0.321 e. The van der Waals surface area contributed by atoms with Gasteiger partial charge in [-0.25, -0.2) is 0 Å². The highest BCUT2D eigenvalue weighted by Crippen LogP contribution is 2.37. The van der Waals surface area contributed by atoms with Crippen LogP contribution in [0, 0.1) is 0 Å². The fourth-order valence-electron chi connectivity index (χ4n) is 3.17. The fourth-order valence-corrected chi connectivity index (χ4v) is 3.17. The Hall–Kier alpha value is -2.93. The minimum absolute atomic E-state index is 0.000583. The Labute approximate surface area is 144 Å². The van der Waals surface area contributed by atoms with Crippen molar-refractivity contribution in [1.29, 1.82) is 0 Å². The lowest BCUT2D eigenvalue weighted by atomic mass is 9.86. The molecular formula is C18H19NO6. The second kappa shape index (κ2) is 6.52. The first-order valence-corrected chi connectivity index (χ1v) is 7.78. The van der Waals surface area contributed by atoms with E-state index in [-0.39, 0.29) is 29.7 Å². The number of hydrogen-bond acceptors (Lipinski definition) is 6. The molecule has 5 N–H and O–H groups in total. The Bertz CT molecular complexity index is 819. The molecule has 2 aromatic carbocycles. The number of nitrogens with one attached hydrogen (secondary N) is 1. The van der Waals surface area contributed by atoms with E-state index in [1.54, 1.807) is 18.2 Å². The standard InChI is InChI=1S/C18H19NO6/c1-25-17-3-2-9(5-16(17)22)4-12-11-8-15(21)14(20)7-10(11)6-13(19-12)18(23)24/h2-3,5,7-8,12-13,19-22H,4,6H2,1H3,(H,23,24). The number of methoxy groups -OCH3 is 1. The van der Waals surface area contributed by atoms with Gasteiger partial charge in [-0.05, 0) is 53.8 Å². The van der Waals surface area contributed by atoms with Crippen molar-refractivity contribution in [3.63, 3.8) is 0 Å². The summed E-state index contributed by atoms with van der Waals surface area (Å²) < 4.78 is 5.02. The summed E-state index contributed by atoms with van der Waals surface area (Å²) in [6.07, 6.45) is 0.613. The number of phenols is 3. The predicted octanol–water partition coefficient (Wildman–Crippen LogP) is 1.69. The van der Waals surface area contributed by atoms with E-state index >= 15 is 0 Å². The van der Waals surface area contributed by atoms with Gasteiger partial charge in [0.2, 0.25) is 0 Å². The highest BCUT2D eigenvalue weighted by Gasteiger charge is 2.31. The van der Waals surface area contributed by atoms with E-state index < -0.39 is 12.0 Å². The summed E-state index contributed by atoms with van der Waals surface area (Å²) in [5.74, 6) is -1.16. The molecule has 0 saturated heterocycles. The Kier molecular flexibility index (Phi) is 4.41. The van der Waals surface area contributed by atoms with Gasteiger partial charge < -0.3 is 25.2 Å². The first-order chi connectivity index (χ1) is 11.9. The third-order valence-corrected chi connectivity index (χ3v) is 4.42. The van der Waals surface area contributed by atoms with Crippen LogP contribution in [-0.4, -0.2) is 39.5 Å². The molecule has 1 aliphatic rings. The maximum atomic E-state index is 11.4. The number of carboxylic acid groups (broad SMARTS) is 1. The van der Waals surface area contributed by atoms with Gasteiger partial charge >= 0.3 is 5.97 Å². The molecule has 0 fully saturated rings. The molecule has 0 amide bonds. The minimum atomic E-state index is -0.985. The summed E-state index contributed by atoms with van der Waals surface area (Å²) in [6.45, 7) is 0. The van der Waals surface area contributed by atoms with Gasteiger partial charge in [0.1, 0.15) is 6.04 Å². The van der Waals surface area contributed by atoms with Crippen molar-refractivity contribution < 1.29 is 30.0 Å². The van der Waals surface area contributed by atoms with Crippen molar-refractivity contribution in [3.8, 4) is 23.0 Å². The van der Waals surface area contributed by atoms with Crippen LogP contribution in [0.1, 0.15) is 22.7 Å². The maximum absolute atomic E-state index is 11.4. The van der Waals surface area contributed by atoms with Crippen molar-refractivity contribution in [1.82, 2.24) is 5.32 Å². The fraction of sp³-hybridized carbons (Fsp3) is 0.278. The third kappa shape index (κ3) is 3.32. The molecule has 0 radical (unpaired) electrons. The number of fused-ring (bicyclic) bond motifs is 1. The summed E-state index contributed by atoms with van der Waals surface area (Å²) in [4.78, 5) is 11.4. The van der Waals surface area contributed by atoms with Gasteiger partial charge in [0, 0.05) is 6.04 Å². The largest absolute Gasteiger partial charge is 0.504 e. The van der Waals surface area contributed by atoms with E-state index in [1.165, 1.54) is 19.2 Å². The van der Waals surface area contributed by atoms with Gasteiger partial charge in [-0.3, -0.25) is 10.1 Å². The molecular weight excluding hydrogens is 326 g/mol. The summed E-state index contributed by atoms with van der Waals surface area (Å²) >= 11 is 0. The average molecular weight is 345 g/mol. The second-order valence-electron chi connectivity index (χ2n) is 6.06. The van der Waals surface area contributed by atoms with Crippen LogP contribution in [0.4, 0.5) is 0 Å². The normalized spacial score (nSPS) is 19.2. The number of phenolic OH excluding ortho intramolecular Hbond substituents is 3. The molecule has 7 heteroatoms. The van der Waals surface area contributed by atoms with Crippen LogP contribution in [0.2, 0.25) is 0 Å². The lowest BCUT2D eigenvalue weighted by Crippen LogP contribution is -2.45. The van der Waals surface area contributed by atoms with Crippen LogP contribution in [0.3, 0.4) is 0 Å². The molecule has 1 aliphatic heterocycles. The van der Waals surface area contributed by atoms with Crippen molar-refractivity contribution in [2.24, 2.45) is 0 Å². The first-order valence-electron chi connectivity index (χ1n) is 7.78. The highest BCUT2D eigenvalue weighted by molar-refractivity contribution is 5.75. The molecule has 0 saturated carbocycles. The Morgan fingerprint density at radius 1 is 1.16 bits per heavy atom. The molecule has 0 aliphatic carbocycles. The van der Waals surface area contributed by atoms with Crippen LogP contribution in [0.15, 0.2) is 30.3 Å².